The van der Waals surface area contributed by atoms with E-state index < -0.39 is 0 Å². The number of benzene rings is 1. The molecule has 3 heterocycles. The van der Waals surface area contributed by atoms with Crippen LogP contribution in [-0.2, 0) is 9.53 Å². The fourth-order valence-corrected chi connectivity index (χ4v) is 4.57. The van der Waals surface area contributed by atoms with Gasteiger partial charge in [0.1, 0.15) is 0 Å². The number of hydrogen-bond acceptors (Lipinski definition) is 4. The Hall–Kier alpha value is -1.85. The number of fused-ring (bicyclic) bond motifs is 1. The average molecular weight is 374 g/mol. The molecule has 138 valence electrons. The van der Waals surface area contributed by atoms with Crippen molar-refractivity contribution >= 4 is 34.1 Å². The highest BCUT2D eigenvalue weighted by atomic mass is 35.5. The Labute approximate surface area is 158 Å². The quantitative estimate of drug-likeness (QED) is 0.824. The van der Waals surface area contributed by atoms with Crippen LogP contribution in [0.15, 0.2) is 30.5 Å². The largest absolute Gasteiger partial charge is 0.383 e. The zero-order chi connectivity index (χ0) is 18.1. The van der Waals surface area contributed by atoms with Gasteiger partial charge in [-0.15, -0.1) is 0 Å². The number of piperidine rings is 1. The molecular formula is C20H24ClN3O2. The molecule has 2 aromatic rings. The number of aromatic nitrogens is 1. The third-order valence-electron chi connectivity index (χ3n) is 5.77. The number of anilines is 1. The predicted molar refractivity (Wildman–Crippen MR) is 104 cm³/mol. The molecule has 2 aliphatic rings. The third-order valence-corrected chi connectivity index (χ3v) is 6.00. The van der Waals surface area contributed by atoms with Gasteiger partial charge in [-0.25, -0.2) is 0 Å². The second-order valence-corrected chi connectivity index (χ2v) is 7.77. The van der Waals surface area contributed by atoms with E-state index in [4.69, 9.17) is 16.3 Å². The summed E-state index contributed by atoms with van der Waals surface area (Å²) in [5, 5.41) is 1.78. The number of hydrogen-bond donors (Lipinski definition) is 0. The molecule has 26 heavy (non-hydrogen) atoms. The minimum atomic E-state index is -0.256. The molecule has 0 bridgehead atoms. The van der Waals surface area contributed by atoms with Crippen molar-refractivity contribution < 1.29 is 9.53 Å². The molecule has 1 aromatic heterocycles. The average Bonchev–Trinajstić information content (AvgIpc) is 3.07. The number of methoxy groups -OCH3 is 1. The maximum Gasteiger partial charge on any atom is 0.230 e. The van der Waals surface area contributed by atoms with E-state index in [9.17, 15) is 4.79 Å². The van der Waals surface area contributed by atoms with E-state index in [1.807, 2.05) is 35.4 Å². The van der Waals surface area contributed by atoms with Crippen LogP contribution < -0.4 is 4.90 Å². The summed E-state index contributed by atoms with van der Waals surface area (Å²) in [6.45, 7) is 3.80. The van der Waals surface area contributed by atoms with Gasteiger partial charge in [0.15, 0.2) is 0 Å². The molecule has 1 spiro atoms. The summed E-state index contributed by atoms with van der Waals surface area (Å²) in [6, 6.07) is 7.87. The third kappa shape index (κ3) is 3.03. The Balaban J connectivity index is 1.59. The first-order valence-electron chi connectivity index (χ1n) is 9.20. The van der Waals surface area contributed by atoms with Crippen LogP contribution in [-0.4, -0.2) is 55.7 Å². The molecule has 2 saturated heterocycles. The van der Waals surface area contributed by atoms with E-state index in [-0.39, 0.29) is 5.41 Å². The van der Waals surface area contributed by atoms with Gasteiger partial charge in [-0.05, 0) is 43.5 Å². The standard InChI is InChI=1S/C20H24ClN3O2/c1-26-12-11-23-9-2-6-20(19(23)25)7-10-24(14-20)18-5-8-22-17-13-15(21)3-4-16(17)18/h3-5,8,13H,2,6-7,9-12,14H2,1H3/t20-/m1/s1. The van der Waals surface area contributed by atoms with Crippen molar-refractivity contribution in [1.29, 1.82) is 0 Å². The van der Waals surface area contributed by atoms with Crippen LogP contribution in [0, 0.1) is 5.41 Å². The molecule has 5 nitrogen and oxygen atoms in total. The minimum absolute atomic E-state index is 0.256. The molecule has 1 amide bonds. The number of rotatable bonds is 4. The Morgan fingerprint density at radius 1 is 1.27 bits per heavy atom. The zero-order valence-electron chi connectivity index (χ0n) is 15.1. The highest BCUT2D eigenvalue weighted by Gasteiger charge is 2.48. The van der Waals surface area contributed by atoms with Gasteiger partial charge in [-0.2, -0.15) is 0 Å². The number of carbonyl (C=O) groups excluding carboxylic acids is 1. The lowest BCUT2D eigenvalue weighted by molar-refractivity contribution is -0.145. The summed E-state index contributed by atoms with van der Waals surface area (Å²) in [7, 11) is 1.68. The Morgan fingerprint density at radius 3 is 3.00 bits per heavy atom. The second-order valence-electron chi connectivity index (χ2n) is 7.33. The highest BCUT2D eigenvalue weighted by molar-refractivity contribution is 6.31. The molecule has 1 aromatic carbocycles. The summed E-state index contributed by atoms with van der Waals surface area (Å²) in [5.74, 6) is 0.296. The normalized spacial score (nSPS) is 23.4. The van der Waals surface area contributed by atoms with Crippen LogP contribution in [0.2, 0.25) is 5.02 Å². The van der Waals surface area contributed by atoms with Crippen LogP contribution in [0.4, 0.5) is 5.69 Å². The van der Waals surface area contributed by atoms with Gasteiger partial charge in [0.2, 0.25) is 5.91 Å². The molecule has 2 aliphatic heterocycles. The van der Waals surface area contributed by atoms with E-state index in [1.54, 1.807) is 7.11 Å². The number of nitrogens with zero attached hydrogens (tertiary/aromatic N) is 3. The van der Waals surface area contributed by atoms with E-state index in [2.05, 4.69) is 9.88 Å². The zero-order valence-corrected chi connectivity index (χ0v) is 15.8. The fourth-order valence-electron chi connectivity index (χ4n) is 4.41. The van der Waals surface area contributed by atoms with Gasteiger partial charge in [0.25, 0.3) is 0 Å². The van der Waals surface area contributed by atoms with Crippen molar-refractivity contribution in [3.63, 3.8) is 0 Å². The van der Waals surface area contributed by atoms with Crippen molar-refractivity contribution in [2.45, 2.75) is 19.3 Å². The van der Waals surface area contributed by atoms with Gasteiger partial charge in [-0.1, -0.05) is 11.6 Å². The maximum absolute atomic E-state index is 13.2. The molecule has 6 heteroatoms. The van der Waals surface area contributed by atoms with Gasteiger partial charge < -0.3 is 14.5 Å². The topological polar surface area (TPSA) is 45.7 Å². The van der Waals surface area contributed by atoms with Crippen molar-refractivity contribution in [2.24, 2.45) is 5.41 Å². The maximum atomic E-state index is 13.2. The summed E-state index contributed by atoms with van der Waals surface area (Å²) < 4.78 is 5.17. The van der Waals surface area contributed by atoms with E-state index in [0.717, 1.165) is 55.5 Å². The van der Waals surface area contributed by atoms with Crippen LogP contribution in [0.1, 0.15) is 19.3 Å². The second kappa shape index (κ2) is 7.05. The lowest BCUT2D eigenvalue weighted by Crippen LogP contribution is -2.51. The van der Waals surface area contributed by atoms with Crippen molar-refractivity contribution in [1.82, 2.24) is 9.88 Å². The number of halogens is 1. The van der Waals surface area contributed by atoms with E-state index in [0.29, 0.717) is 24.1 Å². The number of likely N-dealkylation sites (tertiary alicyclic amines) is 1. The predicted octanol–water partition coefficient (Wildman–Crippen LogP) is 3.35. The Morgan fingerprint density at radius 2 is 2.15 bits per heavy atom. The van der Waals surface area contributed by atoms with Gasteiger partial charge >= 0.3 is 0 Å². The monoisotopic (exact) mass is 373 g/mol. The lowest BCUT2D eigenvalue weighted by atomic mass is 9.78. The molecule has 1 atom stereocenters. The summed E-state index contributed by atoms with van der Waals surface area (Å²) in [5.41, 5.74) is 1.78. The van der Waals surface area contributed by atoms with Crippen molar-refractivity contribution in [3.05, 3.63) is 35.5 Å². The summed E-state index contributed by atoms with van der Waals surface area (Å²) >= 11 is 6.11. The smallest absolute Gasteiger partial charge is 0.230 e. The molecule has 0 aliphatic carbocycles. The number of amides is 1. The molecular weight excluding hydrogens is 350 g/mol. The number of ether oxygens (including phenoxy) is 1. The molecule has 2 fully saturated rings. The van der Waals surface area contributed by atoms with Gasteiger partial charge in [0.05, 0.1) is 17.5 Å². The van der Waals surface area contributed by atoms with Gasteiger partial charge in [-0.3, -0.25) is 9.78 Å². The number of pyridine rings is 1. The molecule has 0 radical (unpaired) electrons. The summed E-state index contributed by atoms with van der Waals surface area (Å²) in [4.78, 5) is 21.9. The van der Waals surface area contributed by atoms with Crippen LogP contribution in [0.25, 0.3) is 10.9 Å². The van der Waals surface area contributed by atoms with E-state index in [1.165, 1.54) is 0 Å². The first-order valence-corrected chi connectivity index (χ1v) is 9.58. The van der Waals surface area contributed by atoms with Crippen LogP contribution >= 0.6 is 11.6 Å². The van der Waals surface area contributed by atoms with Crippen LogP contribution in [0.3, 0.4) is 0 Å². The summed E-state index contributed by atoms with van der Waals surface area (Å²) in [6.07, 6.45) is 4.77. The van der Waals surface area contributed by atoms with E-state index >= 15 is 0 Å². The Bertz CT molecular complexity index is 828. The molecule has 0 saturated carbocycles. The Kier molecular flexibility index (Phi) is 4.76. The first-order chi connectivity index (χ1) is 12.6. The molecule has 0 unspecified atom stereocenters. The van der Waals surface area contributed by atoms with Crippen molar-refractivity contribution in [2.75, 3.05) is 44.8 Å². The molecule has 0 N–H and O–H groups in total. The lowest BCUT2D eigenvalue weighted by Gasteiger charge is -2.39. The highest BCUT2D eigenvalue weighted by Crippen LogP contribution is 2.42. The SMILES string of the molecule is COCCN1CCC[C@]2(CCN(c3ccnc4cc(Cl)ccc34)C2)C1=O. The first kappa shape index (κ1) is 17.6. The minimum Gasteiger partial charge on any atom is -0.383 e. The van der Waals surface area contributed by atoms with Crippen molar-refractivity contribution in [3.8, 4) is 0 Å². The fraction of sp³-hybridized carbons (Fsp3) is 0.500. The van der Waals surface area contributed by atoms with Crippen LogP contribution in [0.5, 0.6) is 0 Å². The van der Waals surface area contributed by atoms with Gasteiger partial charge in [0, 0.05) is 55.6 Å². The number of carbonyl (C=O) groups is 1. The molecule has 4 rings (SSSR count).